The van der Waals surface area contributed by atoms with Gasteiger partial charge >= 0.3 is 0 Å². The molecule has 2 aromatic carbocycles. The Hall–Kier alpha value is -3.51. The fourth-order valence-electron chi connectivity index (χ4n) is 3.11. The summed E-state index contributed by atoms with van der Waals surface area (Å²) >= 11 is 0. The van der Waals surface area contributed by atoms with Crippen molar-refractivity contribution in [2.75, 3.05) is 0 Å². The highest BCUT2D eigenvalue weighted by atomic mass is 16.5. The van der Waals surface area contributed by atoms with Crippen LogP contribution in [-0.2, 0) is 0 Å². The highest BCUT2D eigenvalue weighted by molar-refractivity contribution is 5.95. The lowest BCUT2D eigenvalue weighted by molar-refractivity contribution is 0.0706. The van der Waals surface area contributed by atoms with Crippen molar-refractivity contribution >= 4 is 11.8 Å². The summed E-state index contributed by atoms with van der Waals surface area (Å²) in [5, 5.41) is 11.8. The Balaban J connectivity index is 1.77. The van der Waals surface area contributed by atoms with Crippen LogP contribution in [0.2, 0.25) is 0 Å². The van der Waals surface area contributed by atoms with E-state index in [0.29, 0.717) is 17.7 Å². The quantitative estimate of drug-likeness (QED) is 0.418. The summed E-state index contributed by atoms with van der Waals surface area (Å²) in [7, 11) is 0. The Bertz CT molecular complexity index is 972. The van der Waals surface area contributed by atoms with Gasteiger partial charge in [0.25, 0.3) is 11.8 Å². The molecule has 0 aliphatic rings. The van der Waals surface area contributed by atoms with Gasteiger partial charge in [-0.3, -0.25) is 19.8 Å². The van der Waals surface area contributed by atoms with Gasteiger partial charge in [-0.2, -0.15) is 0 Å². The molecule has 1 aromatic heterocycles. The van der Waals surface area contributed by atoms with Crippen LogP contribution in [0.1, 0.15) is 52.2 Å². The molecule has 0 bridgehead atoms. The molecular formula is C23H23N3O3. The molecular weight excluding hydrogens is 366 g/mol. The molecule has 0 saturated carbocycles. The molecule has 1 atom stereocenters. The maximum atomic E-state index is 12.8. The van der Waals surface area contributed by atoms with Crippen molar-refractivity contribution in [3.05, 3.63) is 89.7 Å². The second-order valence-electron chi connectivity index (χ2n) is 6.67. The van der Waals surface area contributed by atoms with Crippen molar-refractivity contribution in [1.82, 2.24) is 15.8 Å². The first-order valence-corrected chi connectivity index (χ1v) is 9.49. The molecule has 1 unspecified atom stereocenters. The van der Waals surface area contributed by atoms with Gasteiger partial charge in [-0.1, -0.05) is 55.8 Å². The molecule has 3 aromatic rings. The van der Waals surface area contributed by atoms with Crippen molar-refractivity contribution in [2.24, 2.45) is 0 Å². The zero-order valence-corrected chi connectivity index (χ0v) is 16.1. The van der Waals surface area contributed by atoms with Gasteiger partial charge in [0.15, 0.2) is 0 Å². The largest absolute Gasteiger partial charge is 0.344 e. The number of hydrogen-bond donors (Lipinski definition) is 3. The number of aromatic nitrogens is 1. The molecule has 0 aliphatic carbocycles. The summed E-state index contributed by atoms with van der Waals surface area (Å²) in [6.45, 7) is 2.01. The van der Waals surface area contributed by atoms with E-state index in [-0.39, 0.29) is 17.5 Å². The van der Waals surface area contributed by atoms with Crippen molar-refractivity contribution in [2.45, 2.75) is 25.8 Å². The summed E-state index contributed by atoms with van der Waals surface area (Å²) in [4.78, 5) is 28.7. The van der Waals surface area contributed by atoms with Gasteiger partial charge in [0.05, 0.1) is 11.7 Å². The highest BCUT2D eigenvalue weighted by Gasteiger charge is 2.18. The third-order valence-electron chi connectivity index (χ3n) is 4.64. The minimum absolute atomic E-state index is 0.207. The topological polar surface area (TPSA) is 91.3 Å². The summed E-state index contributed by atoms with van der Waals surface area (Å²) in [6, 6.07) is 20.1. The summed E-state index contributed by atoms with van der Waals surface area (Å²) in [5.41, 5.74) is 5.14. The maximum Gasteiger partial charge on any atom is 0.274 e. The summed E-state index contributed by atoms with van der Waals surface area (Å²) in [5.74, 6) is -0.825. The Labute approximate surface area is 169 Å². The number of carbonyl (C=O) groups is 2. The zero-order valence-electron chi connectivity index (χ0n) is 16.1. The van der Waals surface area contributed by atoms with Gasteiger partial charge in [0.1, 0.15) is 0 Å². The fourth-order valence-corrected chi connectivity index (χ4v) is 3.11. The van der Waals surface area contributed by atoms with E-state index in [2.05, 4.69) is 10.3 Å². The van der Waals surface area contributed by atoms with Gasteiger partial charge in [-0.15, -0.1) is 0 Å². The first kappa shape index (κ1) is 20.2. The molecule has 6 nitrogen and oxygen atoms in total. The van der Waals surface area contributed by atoms with Gasteiger partial charge in [-0.05, 0) is 41.8 Å². The second kappa shape index (κ2) is 9.61. The van der Waals surface area contributed by atoms with Crippen molar-refractivity contribution in [3.8, 4) is 11.1 Å². The predicted octanol–water partition coefficient (Wildman–Crippen LogP) is 4.14. The third-order valence-corrected chi connectivity index (χ3v) is 4.64. The van der Waals surface area contributed by atoms with Gasteiger partial charge in [-0.25, -0.2) is 5.48 Å². The lowest BCUT2D eigenvalue weighted by atomic mass is 10.0. The number of carbonyl (C=O) groups excluding carboxylic acids is 2. The van der Waals surface area contributed by atoms with Crippen LogP contribution >= 0.6 is 0 Å². The Kier molecular flexibility index (Phi) is 6.71. The molecule has 0 spiro atoms. The first-order chi connectivity index (χ1) is 14.1. The lowest BCUT2D eigenvalue weighted by Gasteiger charge is -2.18. The molecule has 1 heterocycles. The molecule has 148 valence electrons. The number of hydrogen-bond acceptors (Lipinski definition) is 4. The van der Waals surface area contributed by atoms with Crippen molar-refractivity contribution in [1.29, 1.82) is 0 Å². The number of amides is 2. The van der Waals surface area contributed by atoms with E-state index in [1.54, 1.807) is 23.7 Å². The van der Waals surface area contributed by atoms with Gasteiger partial charge < -0.3 is 5.32 Å². The van der Waals surface area contributed by atoms with Crippen LogP contribution in [0.3, 0.4) is 0 Å². The SMILES string of the molecule is CCCC(NC(=O)c1ccc(-c2ccccc2)cc1)c1cc(C(=O)NO)ccn1. The highest BCUT2D eigenvalue weighted by Crippen LogP contribution is 2.21. The molecule has 2 amide bonds. The first-order valence-electron chi connectivity index (χ1n) is 9.49. The number of pyridine rings is 1. The number of nitrogens with zero attached hydrogens (tertiary/aromatic N) is 1. The monoisotopic (exact) mass is 389 g/mol. The molecule has 0 radical (unpaired) electrons. The van der Waals surface area contributed by atoms with Crippen LogP contribution in [0.25, 0.3) is 11.1 Å². The summed E-state index contributed by atoms with van der Waals surface area (Å²) < 4.78 is 0. The fraction of sp³-hybridized carbons (Fsp3) is 0.174. The van der Waals surface area contributed by atoms with E-state index in [0.717, 1.165) is 17.5 Å². The molecule has 0 fully saturated rings. The predicted molar refractivity (Wildman–Crippen MR) is 110 cm³/mol. The number of rotatable bonds is 7. The minimum Gasteiger partial charge on any atom is -0.344 e. The zero-order chi connectivity index (χ0) is 20.6. The molecule has 3 N–H and O–H groups in total. The average Bonchev–Trinajstić information content (AvgIpc) is 2.79. The molecule has 0 saturated heterocycles. The van der Waals surface area contributed by atoms with Gasteiger partial charge in [0, 0.05) is 17.3 Å². The number of hydroxylamine groups is 1. The maximum absolute atomic E-state index is 12.8. The minimum atomic E-state index is -0.619. The van der Waals surface area contributed by atoms with Crippen LogP contribution in [0.15, 0.2) is 72.9 Å². The smallest absolute Gasteiger partial charge is 0.274 e. The van der Waals surface area contributed by atoms with Gasteiger partial charge in [0.2, 0.25) is 0 Å². The standard InChI is InChI=1S/C23H23N3O3/c1-2-6-20(21-15-19(13-14-24-21)23(28)26-29)25-22(27)18-11-9-17(10-12-18)16-7-4-3-5-8-16/h3-5,7-15,20,29H,2,6H2,1H3,(H,25,27)(H,26,28). The summed E-state index contributed by atoms with van der Waals surface area (Å²) in [6.07, 6.45) is 2.99. The van der Waals surface area contributed by atoms with Crippen LogP contribution in [-0.4, -0.2) is 22.0 Å². The normalized spacial score (nSPS) is 11.5. The average molecular weight is 389 g/mol. The second-order valence-corrected chi connectivity index (χ2v) is 6.67. The van der Waals surface area contributed by atoms with Crippen molar-refractivity contribution < 1.29 is 14.8 Å². The van der Waals surface area contributed by atoms with Crippen LogP contribution in [0, 0.1) is 0 Å². The lowest BCUT2D eigenvalue weighted by Crippen LogP contribution is -2.29. The molecule has 29 heavy (non-hydrogen) atoms. The number of nitrogens with one attached hydrogen (secondary N) is 2. The van der Waals surface area contributed by atoms with E-state index in [4.69, 9.17) is 5.21 Å². The van der Waals surface area contributed by atoms with Crippen LogP contribution < -0.4 is 10.8 Å². The van der Waals surface area contributed by atoms with Crippen LogP contribution in [0.4, 0.5) is 0 Å². The van der Waals surface area contributed by atoms with E-state index in [9.17, 15) is 9.59 Å². The third kappa shape index (κ3) is 5.06. The Morgan fingerprint density at radius 2 is 1.62 bits per heavy atom. The van der Waals surface area contributed by atoms with E-state index >= 15 is 0 Å². The Morgan fingerprint density at radius 1 is 0.931 bits per heavy atom. The molecule has 3 rings (SSSR count). The molecule has 0 aliphatic heterocycles. The van der Waals surface area contributed by atoms with Crippen LogP contribution in [0.5, 0.6) is 0 Å². The Morgan fingerprint density at radius 3 is 2.28 bits per heavy atom. The van der Waals surface area contributed by atoms with Crippen molar-refractivity contribution in [3.63, 3.8) is 0 Å². The number of benzene rings is 2. The van der Waals surface area contributed by atoms with E-state index in [1.807, 2.05) is 49.4 Å². The molecule has 6 heteroatoms. The van der Waals surface area contributed by atoms with E-state index in [1.165, 1.54) is 12.3 Å². The van der Waals surface area contributed by atoms with E-state index < -0.39 is 5.91 Å².